The molecule has 0 radical (unpaired) electrons. The summed E-state index contributed by atoms with van der Waals surface area (Å²) in [4.78, 5) is 12.3. The molecule has 4 heteroatoms. The van der Waals surface area contributed by atoms with Gasteiger partial charge in [0.25, 0.3) is 5.91 Å². The molecule has 2 aliphatic rings. The number of fused-ring (bicyclic) bond motifs is 1. The first-order chi connectivity index (χ1) is 16.3. The second-order valence-electron chi connectivity index (χ2n) is 10.4. The van der Waals surface area contributed by atoms with Gasteiger partial charge in [-0.05, 0) is 55.9 Å². The van der Waals surface area contributed by atoms with Gasteiger partial charge < -0.3 is 5.32 Å². The van der Waals surface area contributed by atoms with Crippen molar-refractivity contribution < 1.29 is 4.79 Å². The molecule has 1 aliphatic carbocycles. The summed E-state index contributed by atoms with van der Waals surface area (Å²) in [6.45, 7) is 11.2. The molecule has 2 unspecified atom stereocenters. The first-order valence-corrected chi connectivity index (χ1v) is 12.9. The van der Waals surface area contributed by atoms with Gasteiger partial charge in [0.15, 0.2) is 0 Å². The Hall–Kier alpha value is -2.75. The van der Waals surface area contributed by atoms with Crippen LogP contribution in [0, 0.1) is 24.7 Å². The molecular weight excluding hydrogens is 418 g/mol. The summed E-state index contributed by atoms with van der Waals surface area (Å²) in [5.41, 5.74) is 6.43. The number of carbonyl (C=O) groups excluding carboxylic acids is 1. The zero-order valence-corrected chi connectivity index (χ0v) is 21.6. The highest BCUT2D eigenvalue weighted by Gasteiger charge is 2.32. The van der Waals surface area contributed by atoms with Gasteiger partial charge in [-0.25, -0.2) is 0 Å². The number of aryl methyl sites for hydroxylation is 1. The summed E-state index contributed by atoms with van der Waals surface area (Å²) >= 11 is 0. The third kappa shape index (κ3) is 7.38. The van der Waals surface area contributed by atoms with Gasteiger partial charge in [0.2, 0.25) is 0 Å². The predicted molar refractivity (Wildman–Crippen MR) is 144 cm³/mol. The molecule has 1 heterocycles. The summed E-state index contributed by atoms with van der Waals surface area (Å²) in [7, 11) is 0. The molecule has 0 spiro atoms. The van der Waals surface area contributed by atoms with E-state index in [2.05, 4.69) is 67.5 Å². The van der Waals surface area contributed by atoms with Crippen molar-refractivity contribution in [3.05, 3.63) is 70.8 Å². The van der Waals surface area contributed by atoms with Crippen molar-refractivity contribution in [2.45, 2.75) is 79.7 Å². The second kappa shape index (κ2) is 12.6. The van der Waals surface area contributed by atoms with Crippen molar-refractivity contribution in [1.82, 2.24) is 5.32 Å². The Bertz CT molecular complexity index is 984. The second-order valence-corrected chi connectivity index (χ2v) is 10.4. The highest BCUT2D eigenvalue weighted by molar-refractivity contribution is 6.06. The lowest BCUT2D eigenvalue weighted by molar-refractivity contribution is 0.0951. The topological polar surface area (TPSA) is 53.8 Å². The van der Waals surface area contributed by atoms with Crippen LogP contribution >= 0.6 is 0 Å². The molecule has 2 aromatic carbocycles. The van der Waals surface area contributed by atoms with Gasteiger partial charge in [0.1, 0.15) is 0 Å². The van der Waals surface area contributed by atoms with Gasteiger partial charge in [-0.15, -0.1) is 0 Å². The van der Waals surface area contributed by atoms with Crippen molar-refractivity contribution >= 4 is 17.3 Å². The van der Waals surface area contributed by atoms with Gasteiger partial charge in [-0.1, -0.05) is 88.4 Å². The lowest BCUT2D eigenvalue weighted by Gasteiger charge is -2.32. The normalized spacial score (nSPS) is 20.1. The van der Waals surface area contributed by atoms with Gasteiger partial charge in [0, 0.05) is 29.7 Å². The van der Waals surface area contributed by atoms with Crippen molar-refractivity contribution in [2.75, 3.05) is 0 Å². The fourth-order valence-corrected chi connectivity index (χ4v) is 4.65. The van der Waals surface area contributed by atoms with Crippen LogP contribution in [-0.2, 0) is 6.54 Å². The molecule has 4 nitrogen and oxygen atoms in total. The molecule has 2 atom stereocenters. The molecular formula is C30H41N3O. The average molecular weight is 460 g/mol. The number of carbonyl (C=O) groups is 1. The number of nitrogens with one attached hydrogen (secondary N) is 1. The molecule has 0 saturated heterocycles. The SMILES string of the molecule is CC(C)C.CC1=NN=C(c2ccc(CNC(=O)c3ccc(C)cc3)cc2)C2CCCCCCC12. The van der Waals surface area contributed by atoms with E-state index < -0.39 is 0 Å². The van der Waals surface area contributed by atoms with E-state index in [4.69, 9.17) is 0 Å². The first-order valence-electron chi connectivity index (χ1n) is 12.9. The summed E-state index contributed by atoms with van der Waals surface area (Å²) < 4.78 is 0. The van der Waals surface area contributed by atoms with E-state index in [1.54, 1.807) is 0 Å². The molecule has 1 amide bonds. The van der Waals surface area contributed by atoms with E-state index in [0.717, 1.165) is 28.3 Å². The molecule has 4 rings (SSSR count). The van der Waals surface area contributed by atoms with Crippen molar-refractivity contribution in [1.29, 1.82) is 0 Å². The number of rotatable bonds is 4. The van der Waals surface area contributed by atoms with Crippen LogP contribution in [0.2, 0.25) is 0 Å². The summed E-state index contributed by atoms with van der Waals surface area (Å²) in [6, 6.07) is 16.1. The third-order valence-electron chi connectivity index (χ3n) is 6.49. The maximum atomic E-state index is 12.3. The van der Waals surface area contributed by atoms with Crippen LogP contribution in [0.15, 0.2) is 58.7 Å². The quantitative estimate of drug-likeness (QED) is 0.510. The number of nitrogens with zero attached hydrogens (tertiary/aromatic N) is 2. The monoisotopic (exact) mass is 459 g/mol. The lowest BCUT2D eigenvalue weighted by atomic mass is 9.74. The van der Waals surface area contributed by atoms with Crippen LogP contribution in [0.5, 0.6) is 0 Å². The van der Waals surface area contributed by atoms with E-state index in [1.807, 2.05) is 31.2 Å². The van der Waals surface area contributed by atoms with Crippen molar-refractivity contribution in [3.8, 4) is 0 Å². The van der Waals surface area contributed by atoms with Crippen LogP contribution < -0.4 is 5.32 Å². The maximum Gasteiger partial charge on any atom is 0.251 e. The highest BCUT2D eigenvalue weighted by Crippen LogP contribution is 2.34. The molecule has 0 aromatic heterocycles. The summed E-state index contributed by atoms with van der Waals surface area (Å²) in [6.07, 6.45) is 7.66. The number of amides is 1. The van der Waals surface area contributed by atoms with Crippen LogP contribution in [0.25, 0.3) is 0 Å². The van der Waals surface area contributed by atoms with Crippen LogP contribution in [0.3, 0.4) is 0 Å². The van der Waals surface area contributed by atoms with E-state index in [-0.39, 0.29) is 5.91 Å². The smallest absolute Gasteiger partial charge is 0.251 e. The summed E-state index contributed by atoms with van der Waals surface area (Å²) in [5.74, 6) is 1.80. The standard InChI is InChI=1S/C26H31N3O.C4H10/c1-18-9-13-22(14-10-18)26(30)27-17-20-11-15-21(16-12-20)25-24-8-6-4-3-5-7-23(24)19(2)28-29-25;1-4(2)3/h9-16,23-24H,3-8,17H2,1-2H3,(H,27,30);4H,1-3H3. The molecule has 0 bridgehead atoms. The highest BCUT2D eigenvalue weighted by atomic mass is 16.1. The van der Waals surface area contributed by atoms with Crippen LogP contribution in [0.4, 0.5) is 0 Å². The van der Waals surface area contributed by atoms with E-state index in [0.29, 0.717) is 23.9 Å². The zero-order chi connectivity index (χ0) is 24.5. The van der Waals surface area contributed by atoms with Gasteiger partial charge >= 0.3 is 0 Å². The van der Waals surface area contributed by atoms with E-state index in [9.17, 15) is 4.79 Å². The molecule has 1 aliphatic heterocycles. The minimum absolute atomic E-state index is 0.0436. The minimum atomic E-state index is -0.0436. The molecule has 34 heavy (non-hydrogen) atoms. The number of hydrogen-bond donors (Lipinski definition) is 1. The van der Waals surface area contributed by atoms with Gasteiger partial charge in [-0.2, -0.15) is 10.2 Å². The van der Waals surface area contributed by atoms with Crippen LogP contribution in [0.1, 0.15) is 93.3 Å². The van der Waals surface area contributed by atoms with E-state index >= 15 is 0 Å². The van der Waals surface area contributed by atoms with Crippen molar-refractivity contribution in [2.24, 2.45) is 28.0 Å². The van der Waals surface area contributed by atoms with E-state index in [1.165, 1.54) is 44.2 Å². The first kappa shape index (κ1) is 25.9. The Kier molecular flexibility index (Phi) is 9.62. The fourth-order valence-electron chi connectivity index (χ4n) is 4.65. The molecule has 1 fully saturated rings. The van der Waals surface area contributed by atoms with Gasteiger partial charge in [-0.3, -0.25) is 4.79 Å². The lowest BCUT2D eigenvalue weighted by Crippen LogP contribution is -2.33. The maximum absolute atomic E-state index is 12.3. The number of benzene rings is 2. The van der Waals surface area contributed by atoms with Crippen molar-refractivity contribution in [3.63, 3.8) is 0 Å². The largest absolute Gasteiger partial charge is 0.348 e. The Labute approximate surface area is 206 Å². The molecule has 1 N–H and O–H groups in total. The minimum Gasteiger partial charge on any atom is -0.348 e. The Balaban J connectivity index is 0.000000751. The zero-order valence-electron chi connectivity index (χ0n) is 21.6. The molecule has 1 saturated carbocycles. The predicted octanol–water partition coefficient (Wildman–Crippen LogP) is 7.35. The number of hydrogen-bond acceptors (Lipinski definition) is 3. The Morgan fingerprint density at radius 3 is 2.06 bits per heavy atom. The molecule has 2 aromatic rings. The fraction of sp³-hybridized carbons (Fsp3) is 0.500. The van der Waals surface area contributed by atoms with Crippen LogP contribution in [-0.4, -0.2) is 17.3 Å². The Morgan fingerprint density at radius 1 is 0.853 bits per heavy atom. The van der Waals surface area contributed by atoms with Gasteiger partial charge in [0.05, 0.1) is 5.71 Å². The third-order valence-corrected chi connectivity index (χ3v) is 6.49. The molecule has 182 valence electrons. The summed E-state index contributed by atoms with van der Waals surface area (Å²) in [5, 5.41) is 12.1. The Morgan fingerprint density at radius 2 is 1.44 bits per heavy atom. The average Bonchev–Trinajstić information content (AvgIpc) is 2.79.